The lowest BCUT2D eigenvalue weighted by Gasteiger charge is -2.21. The van der Waals surface area contributed by atoms with Gasteiger partial charge in [-0.15, -0.1) is 0 Å². The summed E-state index contributed by atoms with van der Waals surface area (Å²) in [5.41, 5.74) is 3.21. The largest absolute Gasteiger partial charge is 0.247 e. The van der Waals surface area contributed by atoms with Crippen molar-refractivity contribution >= 4 is 23.7 Å². The van der Waals surface area contributed by atoms with Crippen molar-refractivity contribution in [3.05, 3.63) is 60.3 Å². The van der Waals surface area contributed by atoms with Crippen molar-refractivity contribution in [1.29, 1.82) is 5.26 Å². The summed E-state index contributed by atoms with van der Waals surface area (Å²) < 4.78 is 0. The number of fused-ring (bicyclic) bond motifs is 1. The van der Waals surface area contributed by atoms with Gasteiger partial charge in [-0.1, -0.05) is 42.5 Å². The summed E-state index contributed by atoms with van der Waals surface area (Å²) in [6.45, 7) is 1.85. The van der Waals surface area contributed by atoms with Crippen LogP contribution in [0.1, 0.15) is 12.6 Å². The molecular weight excluding hydrogens is 290 g/mol. The lowest BCUT2D eigenvalue weighted by Crippen LogP contribution is -2.25. The molecule has 0 aliphatic carbocycles. The first-order valence-corrected chi connectivity index (χ1v) is 7.66. The number of nitriles is 1. The Bertz CT molecular complexity index is 855. The first-order valence-electron chi connectivity index (χ1n) is 7.03. The van der Waals surface area contributed by atoms with E-state index in [0.29, 0.717) is 11.4 Å². The molecule has 1 heterocycles. The van der Waals surface area contributed by atoms with E-state index in [2.05, 4.69) is 18.7 Å². The van der Waals surface area contributed by atoms with E-state index in [9.17, 15) is 5.26 Å². The summed E-state index contributed by atoms with van der Waals surface area (Å²) in [6.07, 6.45) is 0. The van der Waals surface area contributed by atoms with Crippen LogP contribution in [0.25, 0.3) is 22.3 Å². The normalized spacial score (nSPS) is 13.5. The molecule has 0 N–H and O–H groups in total. The van der Waals surface area contributed by atoms with Crippen molar-refractivity contribution in [2.45, 2.75) is 12.3 Å². The summed E-state index contributed by atoms with van der Waals surface area (Å²) in [6, 6.07) is 19.9. The van der Waals surface area contributed by atoms with E-state index >= 15 is 0 Å². The van der Waals surface area contributed by atoms with E-state index in [4.69, 9.17) is 9.97 Å². The minimum Gasteiger partial charge on any atom is -0.247 e. The van der Waals surface area contributed by atoms with Gasteiger partial charge in [0.15, 0.2) is 0 Å². The van der Waals surface area contributed by atoms with Crippen molar-refractivity contribution in [2.75, 3.05) is 5.75 Å². The first kappa shape index (κ1) is 14.6. The third-order valence-electron chi connectivity index (χ3n) is 3.70. The van der Waals surface area contributed by atoms with Gasteiger partial charge >= 0.3 is 0 Å². The van der Waals surface area contributed by atoms with Crippen molar-refractivity contribution in [2.24, 2.45) is 0 Å². The van der Waals surface area contributed by atoms with Crippen molar-refractivity contribution in [1.82, 2.24) is 9.97 Å². The van der Waals surface area contributed by atoms with Crippen molar-refractivity contribution in [3.63, 3.8) is 0 Å². The van der Waals surface area contributed by atoms with Crippen LogP contribution in [-0.4, -0.2) is 15.7 Å². The van der Waals surface area contributed by atoms with Crippen LogP contribution >= 0.6 is 12.6 Å². The molecule has 0 fully saturated rings. The molecule has 0 saturated carbocycles. The van der Waals surface area contributed by atoms with E-state index in [1.54, 1.807) is 0 Å². The lowest BCUT2D eigenvalue weighted by atomic mass is 9.87. The fourth-order valence-electron chi connectivity index (χ4n) is 2.35. The van der Waals surface area contributed by atoms with Gasteiger partial charge in [-0.05, 0) is 19.1 Å². The molecule has 0 spiro atoms. The summed E-state index contributed by atoms with van der Waals surface area (Å²) in [4.78, 5) is 9.49. The molecule has 0 aliphatic heterocycles. The van der Waals surface area contributed by atoms with Crippen LogP contribution in [0.3, 0.4) is 0 Å². The highest BCUT2D eigenvalue weighted by molar-refractivity contribution is 7.80. The van der Waals surface area contributed by atoms with Gasteiger partial charge in [-0.25, -0.2) is 9.97 Å². The summed E-state index contributed by atoms with van der Waals surface area (Å²) >= 11 is 4.36. The fourth-order valence-corrected chi connectivity index (χ4v) is 2.57. The molecule has 0 amide bonds. The second-order valence-corrected chi connectivity index (χ2v) is 5.69. The van der Waals surface area contributed by atoms with Crippen LogP contribution in [0.2, 0.25) is 0 Å². The van der Waals surface area contributed by atoms with E-state index in [-0.39, 0.29) is 0 Å². The Morgan fingerprint density at radius 3 is 2.18 bits per heavy atom. The molecule has 3 rings (SSSR count). The number of thiol groups is 1. The quantitative estimate of drug-likeness (QED) is 0.744. The Balaban J connectivity index is 2.36. The van der Waals surface area contributed by atoms with Gasteiger partial charge in [0, 0.05) is 11.3 Å². The smallest absolute Gasteiger partial charge is 0.107 e. The Kier molecular flexibility index (Phi) is 3.82. The highest BCUT2D eigenvalue weighted by Crippen LogP contribution is 2.32. The minimum absolute atomic E-state index is 0.385. The number of para-hydroxylation sites is 2. The number of hydrogen-bond donors (Lipinski definition) is 1. The number of hydrogen-bond acceptors (Lipinski definition) is 4. The predicted molar refractivity (Wildman–Crippen MR) is 91.8 cm³/mol. The molecule has 3 nitrogen and oxygen atoms in total. The third kappa shape index (κ3) is 2.44. The number of benzene rings is 2. The summed E-state index contributed by atoms with van der Waals surface area (Å²) in [5, 5.41) is 9.62. The molecule has 4 heteroatoms. The Labute approximate surface area is 135 Å². The second-order valence-electron chi connectivity index (χ2n) is 5.38. The molecule has 0 saturated heterocycles. The van der Waals surface area contributed by atoms with Crippen molar-refractivity contribution in [3.8, 4) is 17.3 Å². The van der Waals surface area contributed by atoms with Crippen LogP contribution in [0.4, 0.5) is 0 Å². The van der Waals surface area contributed by atoms with Crippen LogP contribution in [-0.2, 0) is 5.41 Å². The van der Waals surface area contributed by atoms with E-state index in [1.807, 2.05) is 61.5 Å². The van der Waals surface area contributed by atoms with Gasteiger partial charge in [0.25, 0.3) is 0 Å². The Morgan fingerprint density at radius 2 is 1.59 bits per heavy atom. The molecule has 0 aliphatic rings. The maximum absolute atomic E-state index is 9.62. The predicted octanol–water partition coefficient (Wildman–Crippen LogP) is 4.01. The molecular formula is C18H15N3S. The Morgan fingerprint density at radius 1 is 1.00 bits per heavy atom. The number of nitrogens with zero attached hydrogens (tertiary/aromatic N) is 3. The van der Waals surface area contributed by atoms with E-state index < -0.39 is 5.41 Å². The second kappa shape index (κ2) is 5.78. The highest BCUT2D eigenvalue weighted by atomic mass is 32.1. The zero-order chi connectivity index (χ0) is 15.6. The summed E-state index contributed by atoms with van der Waals surface area (Å²) in [7, 11) is 0. The zero-order valence-corrected chi connectivity index (χ0v) is 13.1. The van der Waals surface area contributed by atoms with Crippen LogP contribution in [0, 0.1) is 11.3 Å². The first-order chi connectivity index (χ1) is 10.7. The van der Waals surface area contributed by atoms with Crippen LogP contribution in [0.15, 0.2) is 54.6 Å². The maximum atomic E-state index is 9.62. The Hall–Kier alpha value is -2.38. The van der Waals surface area contributed by atoms with Gasteiger partial charge < -0.3 is 0 Å². The third-order valence-corrected chi connectivity index (χ3v) is 4.34. The maximum Gasteiger partial charge on any atom is 0.107 e. The van der Waals surface area contributed by atoms with E-state index in [1.165, 1.54) is 0 Å². The molecule has 2 aromatic carbocycles. The van der Waals surface area contributed by atoms with Gasteiger partial charge in [-0.2, -0.15) is 17.9 Å². The molecule has 22 heavy (non-hydrogen) atoms. The average Bonchev–Trinajstić information content (AvgIpc) is 2.60. The highest BCUT2D eigenvalue weighted by Gasteiger charge is 2.31. The summed E-state index contributed by atoms with van der Waals surface area (Å²) in [5.74, 6) is 0.385. The average molecular weight is 305 g/mol. The fraction of sp³-hybridized carbons (Fsp3) is 0.167. The molecule has 1 aromatic heterocycles. The lowest BCUT2D eigenvalue weighted by molar-refractivity contribution is 0.676. The molecule has 0 bridgehead atoms. The molecule has 1 atom stereocenters. The SMILES string of the molecule is CC(C#N)(CS)c1nc2ccccc2nc1-c1ccccc1. The van der Waals surface area contributed by atoms with Gasteiger partial charge in [0.05, 0.1) is 28.5 Å². The van der Waals surface area contributed by atoms with Crippen molar-refractivity contribution < 1.29 is 0 Å². The molecule has 108 valence electrons. The van der Waals surface area contributed by atoms with E-state index in [0.717, 1.165) is 22.3 Å². The van der Waals surface area contributed by atoms with Gasteiger partial charge in [0.1, 0.15) is 5.41 Å². The van der Waals surface area contributed by atoms with Crippen LogP contribution < -0.4 is 0 Å². The monoisotopic (exact) mass is 305 g/mol. The van der Waals surface area contributed by atoms with Crippen LogP contribution in [0.5, 0.6) is 0 Å². The minimum atomic E-state index is -0.786. The molecule has 0 radical (unpaired) electrons. The molecule has 3 aromatic rings. The number of rotatable bonds is 3. The van der Waals surface area contributed by atoms with Gasteiger partial charge in [0.2, 0.25) is 0 Å². The van der Waals surface area contributed by atoms with Gasteiger partial charge in [-0.3, -0.25) is 0 Å². The standard InChI is InChI=1S/C18H15N3S/c1-18(11-19,12-22)17-16(13-7-3-2-4-8-13)20-14-9-5-6-10-15(14)21-17/h2-10,22H,12H2,1H3. The zero-order valence-electron chi connectivity index (χ0n) is 12.2. The number of aromatic nitrogens is 2. The topological polar surface area (TPSA) is 49.6 Å². The molecule has 1 unspecified atom stereocenters.